The smallest absolute Gasteiger partial charge is 0.330 e. The zero-order valence-electron chi connectivity index (χ0n) is 11.1. The molecule has 0 saturated heterocycles. The zero-order valence-corrected chi connectivity index (χ0v) is 12.5. The molecule has 0 fully saturated rings. The summed E-state index contributed by atoms with van der Waals surface area (Å²) in [4.78, 5) is 10.7. The molecule has 0 aromatic rings. The van der Waals surface area contributed by atoms with Gasteiger partial charge in [-0.05, 0) is 19.4 Å². The topological polar surface area (TPSA) is 35.5 Å². The number of esters is 1. The molecule has 0 amide bonds. The van der Waals surface area contributed by atoms with Crippen molar-refractivity contribution in [2.75, 3.05) is 13.2 Å². The third-order valence-electron chi connectivity index (χ3n) is 2.55. The molecule has 100 valence electrons. The van der Waals surface area contributed by atoms with Crippen molar-refractivity contribution in [2.45, 2.75) is 51.5 Å². The predicted molar refractivity (Wildman–Crippen MR) is 73.8 cm³/mol. The summed E-state index contributed by atoms with van der Waals surface area (Å²) >= 11 is 0. The van der Waals surface area contributed by atoms with Crippen LogP contribution < -0.4 is 0 Å². The fraction of sp³-hybridized carbons (Fsp3) is 0.769. The summed E-state index contributed by atoms with van der Waals surface area (Å²) in [7, 11) is -0.215. The van der Waals surface area contributed by atoms with Crippen LogP contribution in [0.3, 0.4) is 0 Å². The van der Waals surface area contributed by atoms with Gasteiger partial charge in [-0.2, -0.15) is 0 Å². The summed E-state index contributed by atoms with van der Waals surface area (Å²) in [6, 6.07) is 1.31. The van der Waals surface area contributed by atoms with Crippen LogP contribution in [0, 0.1) is 0 Å². The molecule has 0 atom stereocenters. The molecular weight excluding hydrogens is 232 g/mol. The van der Waals surface area contributed by atoms with Gasteiger partial charge in [-0.1, -0.05) is 38.7 Å². The normalized spacial score (nSPS) is 10.9. The lowest BCUT2D eigenvalue weighted by Gasteiger charge is -2.03. The molecule has 3 nitrogen and oxygen atoms in total. The number of carbonyl (C=O) groups is 1. The van der Waals surface area contributed by atoms with Gasteiger partial charge < -0.3 is 9.16 Å². The third-order valence-corrected chi connectivity index (χ3v) is 4.03. The highest BCUT2D eigenvalue weighted by Crippen LogP contribution is 2.07. The summed E-state index contributed by atoms with van der Waals surface area (Å²) in [5, 5.41) is 0. The van der Waals surface area contributed by atoms with Crippen LogP contribution in [0.2, 0.25) is 6.04 Å². The van der Waals surface area contributed by atoms with Gasteiger partial charge in [0.15, 0.2) is 9.76 Å². The Hall–Kier alpha value is -0.613. The van der Waals surface area contributed by atoms with Gasteiger partial charge in [0, 0.05) is 12.7 Å². The summed E-state index contributed by atoms with van der Waals surface area (Å²) in [5.74, 6) is -0.314. The zero-order chi connectivity index (χ0) is 12.8. The molecular formula is C13H26O3Si. The van der Waals surface area contributed by atoms with Gasteiger partial charge in [-0.15, -0.1) is 0 Å². The average Bonchev–Trinajstić information content (AvgIpc) is 2.35. The Balaban J connectivity index is 2.98. The first-order valence-electron chi connectivity index (χ1n) is 6.68. The molecule has 0 aromatic carbocycles. The van der Waals surface area contributed by atoms with E-state index in [1.165, 1.54) is 37.8 Å². The Kier molecular flexibility index (Phi) is 13.0. The minimum absolute atomic E-state index is 0.215. The molecule has 0 aromatic heterocycles. The molecule has 17 heavy (non-hydrogen) atoms. The van der Waals surface area contributed by atoms with Crippen LogP contribution >= 0.6 is 0 Å². The SMILES string of the molecule is C=CC(=O)OCCCCCCCC[SiH2]OCC. The van der Waals surface area contributed by atoms with E-state index in [-0.39, 0.29) is 15.7 Å². The van der Waals surface area contributed by atoms with Gasteiger partial charge in [0.2, 0.25) is 0 Å². The Bertz CT molecular complexity index is 195. The highest BCUT2D eigenvalue weighted by atomic mass is 28.2. The lowest BCUT2D eigenvalue weighted by molar-refractivity contribution is -0.137. The molecule has 0 heterocycles. The van der Waals surface area contributed by atoms with E-state index in [0.717, 1.165) is 19.4 Å². The molecule has 0 saturated carbocycles. The van der Waals surface area contributed by atoms with Crippen LogP contribution in [0.5, 0.6) is 0 Å². The molecule has 4 heteroatoms. The highest BCUT2D eigenvalue weighted by Gasteiger charge is 1.95. The molecule has 0 aliphatic heterocycles. The Labute approximate surface area is 108 Å². The first kappa shape index (κ1) is 16.4. The lowest BCUT2D eigenvalue weighted by Crippen LogP contribution is -2.01. The minimum Gasteiger partial charge on any atom is -0.463 e. The Morgan fingerprint density at radius 3 is 2.47 bits per heavy atom. The predicted octanol–water partition coefficient (Wildman–Crippen LogP) is 2.59. The molecule has 0 unspecified atom stereocenters. The summed E-state index contributed by atoms with van der Waals surface area (Å²) in [6.45, 7) is 6.83. The molecule has 0 spiro atoms. The maximum absolute atomic E-state index is 10.7. The van der Waals surface area contributed by atoms with Crippen LogP contribution in [-0.2, 0) is 14.0 Å². The van der Waals surface area contributed by atoms with Crippen LogP contribution in [0.15, 0.2) is 12.7 Å². The van der Waals surface area contributed by atoms with Crippen molar-refractivity contribution in [1.29, 1.82) is 0 Å². The van der Waals surface area contributed by atoms with Gasteiger partial charge in [-0.3, -0.25) is 0 Å². The van der Waals surface area contributed by atoms with Crippen molar-refractivity contribution in [3.05, 3.63) is 12.7 Å². The van der Waals surface area contributed by atoms with Crippen molar-refractivity contribution < 1.29 is 14.0 Å². The fourth-order valence-electron chi connectivity index (χ4n) is 1.57. The molecule has 0 radical (unpaired) electrons. The summed E-state index contributed by atoms with van der Waals surface area (Å²) in [5.41, 5.74) is 0. The number of hydrogen-bond acceptors (Lipinski definition) is 3. The van der Waals surface area contributed by atoms with Crippen molar-refractivity contribution in [3.63, 3.8) is 0 Å². The first-order valence-corrected chi connectivity index (χ1v) is 8.26. The van der Waals surface area contributed by atoms with Crippen molar-refractivity contribution in [2.24, 2.45) is 0 Å². The van der Waals surface area contributed by atoms with E-state index in [2.05, 4.69) is 13.5 Å². The van der Waals surface area contributed by atoms with Crippen LogP contribution in [0.1, 0.15) is 45.4 Å². The number of hydrogen-bond donors (Lipinski definition) is 0. The van der Waals surface area contributed by atoms with E-state index in [9.17, 15) is 4.79 Å². The van der Waals surface area contributed by atoms with Gasteiger partial charge in [0.1, 0.15) is 0 Å². The summed E-state index contributed by atoms with van der Waals surface area (Å²) < 4.78 is 10.3. The van der Waals surface area contributed by atoms with Crippen LogP contribution in [0.25, 0.3) is 0 Å². The van der Waals surface area contributed by atoms with E-state index < -0.39 is 0 Å². The van der Waals surface area contributed by atoms with E-state index in [1.54, 1.807) is 0 Å². The lowest BCUT2D eigenvalue weighted by atomic mass is 10.1. The second-order valence-corrected chi connectivity index (χ2v) is 5.57. The minimum atomic E-state index is -0.314. The van der Waals surface area contributed by atoms with E-state index in [1.807, 2.05) is 0 Å². The monoisotopic (exact) mass is 258 g/mol. The van der Waals surface area contributed by atoms with Crippen molar-refractivity contribution in [3.8, 4) is 0 Å². The first-order chi connectivity index (χ1) is 8.31. The van der Waals surface area contributed by atoms with E-state index in [4.69, 9.17) is 9.16 Å². The van der Waals surface area contributed by atoms with Crippen LogP contribution in [-0.4, -0.2) is 28.9 Å². The second kappa shape index (κ2) is 13.5. The quantitative estimate of drug-likeness (QED) is 0.234. The second-order valence-electron chi connectivity index (χ2n) is 4.04. The maximum Gasteiger partial charge on any atom is 0.330 e. The van der Waals surface area contributed by atoms with Gasteiger partial charge in [-0.25, -0.2) is 4.79 Å². The molecule has 0 aliphatic rings. The average molecular weight is 258 g/mol. The van der Waals surface area contributed by atoms with Crippen molar-refractivity contribution in [1.82, 2.24) is 0 Å². The van der Waals surface area contributed by atoms with Gasteiger partial charge >= 0.3 is 5.97 Å². The standard InChI is InChI=1S/C13H26O3Si/c1-3-13(14)15-11-9-7-5-6-8-10-12-17-16-4-2/h3H,1,4-12,17H2,2H3. The summed E-state index contributed by atoms with van der Waals surface area (Å²) in [6.07, 6.45) is 8.48. The van der Waals surface area contributed by atoms with Crippen LogP contribution in [0.4, 0.5) is 0 Å². The molecule has 0 N–H and O–H groups in total. The van der Waals surface area contributed by atoms with E-state index >= 15 is 0 Å². The Morgan fingerprint density at radius 1 is 1.18 bits per heavy atom. The number of carbonyl (C=O) groups excluding carboxylic acids is 1. The van der Waals surface area contributed by atoms with E-state index in [0.29, 0.717) is 6.61 Å². The van der Waals surface area contributed by atoms with Gasteiger partial charge in [0.25, 0.3) is 0 Å². The maximum atomic E-state index is 10.7. The highest BCUT2D eigenvalue weighted by molar-refractivity contribution is 6.26. The number of rotatable bonds is 12. The number of ether oxygens (including phenoxy) is 1. The molecule has 0 bridgehead atoms. The van der Waals surface area contributed by atoms with Crippen molar-refractivity contribution >= 4 is 15.7 Å². The Morgan fingerprint density at radius 2 is 1.82 bits per heavy atom. The van der Waals surface area contributed by atoms with Gasteiger partial charge in [0.05, 0.1) is 6.61 Å². The third kappa shape index (κ3) is 13.3. The molecule has 0 aliphatic carbocycles. The largest absolute Gasteiger partial charge is 0.463 e. The number of unbranched alkanes of at least 4 members (excludes halogenated alkanes) is 5. The molecule has 0 rings (SSSR count). The fourth-order valence-corrected chi connectivity index (χ4v) is 2.62.